The van der Waals surface area contributed by atoms with Crippen LogP contribution in [0.25, 0.3) is 11.3 Å². The van der Waals surface area contributed by atoms with Crippen molar-refractivity contribution in [3.63, 3.8) is 0 Å². The summed E-state index contributed by atoms with van der Waals surface area (Å²) in [6, 6.07) is 11.1. The smallest absolute Gasteiger partial charge is 0.410 e. The van der Waals surface area contributed by atoms with Crippen LogP contribution in [0.5, 0.6) is 11.5 Å². The second-order valence-corrected chi connectivity index (χ2v) is 9.20. The number of alkyl halides is 3. The van der Waals surface area contributed by atoms with Gasteiger partial charge in [0, 0.05) is 36.2 Å². The molecule has 0 saturated carbocycles. The number of carbonyl (C=O) groups excluding carboxylic acids is 1. The van der Waals surface area contributed by atoms with Gasteiger partial charge < -0.3 is 25.4 Å². The number of fused-ring (bicyclic) bond motifs is 1. The fourth-order valence-electron chi connectivity index (χ4n) is 4.84. The minimum absolute atomic E-state index is 0.0935. The summed E-state index contributed by atoms with van der Waals surface area (Å²) in [6.45, 7) is 1.61. The zero-order valence-corrected chi connectivity index (χ0v) is 20.4. The minimum Gasteiger partial charge on any atom is -0.493 e. The number of hydrogen-bond donors (Lipinski definition) is 3. The summed E-state index contributed by atoms with van der Waals surface area (Å²) in [5, 5.41) is 13.7. The van der Waals surface area contributed by atoms with Crippen LogP contribution in [0.2, 0.25) is 0 Å². The first-order valence-corrected chi connectivity index (χ1v) is 12.0. The maximum absolute atomic E-state index is 14.1. The van der Waals surface area contributed by atoms with Crippen molar-refractivity contribution in [2.45, 2.75) is 37.1 Å². The van der Waals surface area contributed by atoms with Crippen LogP contribution in [0, 0.1) is 0 Å². The Labute approximate surface area is 212 Å². The van der Waals surface area contributed by atoms with Crippen molar-refractivity contribution in [2.75, 3.05) is 32.6 Å². The van der Waals surface area contributed by atoms with Crippen LogP contribution in [0.15, 0.2) is 48.5 Å². The van der Waals surface area contributed by atoms with Gasteiger partial charge in [-0.3, -0.25) is 4.79 Å². The molecule has 5 rings (SSSR count). The molecule has 3 heterocycles. The second kappa shape index (κ2) is 9.97. The SMILES string of the molecule is COc1ccc([C@@H]2C[C@H](C(F)(F)F)n3nc(-c4ccc(C(=O)N[C@@H]5CCNC5)cc4)cc3N2)cc1OC. The highest BCUT2D eigenvalue weighted by molar-refractivity contribution is 5.94. The standard InChI is InChI=1S/C26H28F3N5O3/c1-36-21-8-7-17(11-22(21)37-2)19-12-23(26(27,28)29)34-24(32-19)13-20(33-34)15-3-5-16(6-4-15)25(35)31-18-9-10-30-14-18/h3-8,11,13,18-19,23,30,32H,9-10,12,14H2,1-2H3,(H,31,35)/t18-,19+,23-/m1/s1. The van der Waals surface area contributed by atoms with E-state index in [9.17, 15) is 18.0 Å². The van der Waals surface area contributed by atoms with Crippen LogP contribution in [0.3, 0.4) is 0 Å². The van der Waals surface area contributed by atoms with Crippen molar-refractivity contribution in [1.82, 2.24) is 20.4 Å². The van der Waals surface area contributed by atoms with Crippen molar-refractivity contribution in [2.24, 2.45) is 0 Å². The van der Waals surface area contributed by atoms with Crippen LogP contribution >= 0.6 is 0 Å². The molecule has 3 N–H and O–H groups in total. The lowest BCUT2D eigenvalue weighted by Gasteiger charge is -2.33. The molecule has 11 heteroatoms. The number of amides is 1. The van der Waals surface area contributed by atoms with Crippen LogP contribution < -0.4 is 25.4 Å². The predicted octanol–water partition coefficient (Wildman–Crippen LogP) is 4.32. The quantitative estimate of drug-likeness (QED) is 0.453. The van der Waals surface area contributed by atoms with Crippen LogP contribution in [0.4, 0.5) is 19.0 Å². The van der Waals surface area contributed by atoms with E-state index in [0.717, 1.165) is 24.2 Å². The average Bonchev–Trinajstić information content (AvgIpc) is 3.57. The van der Waals surface area contributed by atoms with Crippen LogP contribution in [-0.4, -0.2) is 55.2 Å². The Morgan fingerprint density at radius 3 is 2.49 bits per heavy atom. The van der Waals surface area contributed by atoms with E-state index in [1.807, 2.05) is 0 Å². The fourth-order valence-corrected chi connectivity index (χ4v) is 4.84. The number of rotatable bonds is 6. The molecule has 0 bridgehead atoms. The number of ether oxygens (including phenoxy) is 2. The molecule has 0 spiro atoms. The fraction of sp³-hybridized carbons (Fsp3) is 0.385. The van der Waals surface area contributed by atoms with Crippen molar-refractivity contribution >= 4 is 11.7 Å². The maximum atomic E-state index is 14.1. The monoisotopic (exact) mass is 515 g/mol. The van der Waals surface area contributed by atoms with Gasteiger partial charge in [0.05, 0.1) is 26.0 Å². The Hall–Kier alpha value is -3.73. The minimum atomic E-state index is -4.49. The Morgan fingerprint density at radius 1 is 1.08 bits per heavy atom. The molecule has 2 aliphatic rings. The Kier molecular flexibility index (Phi) is 6.72. The van der Waals surface area contributed by atoms with E-state index >= 15 is 0 Å². The van der Waals surface area contributed by atoms with E-state index in [0.29, 0.717) is 33.9 Å². The number of benzene rings is 2. The number of nitrogens with zero attached hydrogens (tertiary/aromatic N) is 2. The first kappa shape index (κ1) is 24.9. The van der Waals surface area contributed by atoms with Gasteiger partial charge in [-0.25, -0.2) is 4.68 Å². The van der Waals surface area contributed by atoms with Crippen LogP contribution in [-0.2, 0) is 0 Å². The molecule has 1 aromatic heterocycles. The zero-order valence-electron chi connectivity index (χ0n) is 20.4. The first-order valence-electron chi connectivity index (χ1n) is 12.0. The van der Waals surface area contributed by atoms with E-state index in [1.54, 1.807) is 48.5 Å². The number of nitrogens with one attached hydrogen (secondary N) is 3. The lowest BCUT2D eigenvalue weighted by Crippen LogP contribution is -2.36. The van der Waals surface area contributed by atoms with E-state index in [-0.39, 0.29) is 24.2 Å². The molecule has 1 saturated heterocycles. The zero-order chi connectivity index (χ0) is 26.2. The molecule has 1 amide bonds. The van der Waals surface area contributed by atoms with Gasteiger partial charge in [-0.15, -0.1) is 0 Å². The van der Waals surface area contributed by atoms with Gasteiger partial charge in [0.1, 0.15) is 5.82 Å². The second-order valence-electron chi connectivity index (χ2n) is 9.20. The van der Waals surface area contributed by atoms with E-state index in [4.69, 9.17) is 9.47 Å². The summed E-state index contributed by atoms with van der Waals surface area (Å²) in [7, 11) is 2.98. The lowest BCUT2D eigenvalue weighted by molar-refractivity contribution is -0.173. The molecule has 0 radical (unpaired) electrons. The molecule has 2 aromatic carbocycles. The molecule has 1 fully saturated rings. The maximum Gasteiger partial charge on any atom is 0.410 e. The highest BCUT2D eigenvalue weighted by atomic mass is 19.4. The highest BCUT2D eigenvalue weighted by Gasteiger charge is 2.46. The topological polar surface area (TPSA) is 89.4 Å². The van der Waals surface area contributed by atoms with Gasteiger partial charge in [0.2, 0.25) is 0 Å². The molecule has 37 heavy (non-hydrogen) atoms. The summed E-state index contributed by atoms with van der Waals surface area (Å²) >= 11 is 0. The number of carbonyl (C=O) groups is 1. The summed E-state index contributed by atoms with van der Waals surface area (Å²) < 4.78 is 53.9. The van der Waals surface area contributed by atoms with E-state index < -0.39 is 18.3 Å². The normalized spacial score (nSPS) is 21.2. The largest absolute Gasteiger partial charge is 0.493 e. The van der Waals surface area contributed by atoms with Gasteiger partial charge in [0.25, 0.3) is 5.91 Å². The molecule has 8 nitrogen and oxygen atoms in total. The lowest BCUT2D eigenvalue weighted by atomic mass is 9.96. The van der Waals surface area contributed by atoms with Crippen molar-refractivity contribution in [1.29, 1.82) is 0 Å². The van der Waals surface area contributed by atoms with Gasteiger partial charge >= 0.3 is 6.18 Å². The van der Waals surface area contributed by atoms with Crippen molar-refractivity contribution in [3.05, 3.63) is 59.7 Å². The molecular formula is C26H28F3N5O3. The number of halogens is 3. The Bertz CT molecular complexity index is 1270. The summed E-state index contributed by atoms with van der Waals surface area (Å²) in [5.41, 5.74) is 2.14. The van der Waals surface area contributed by atoms with E-state index in [1.165, 1.54) is 14.2 Å². The summed E-state index contributed by atoms with van der Waals surface area (Å²) in [6.07, 6.45) is -3.85. The molecule has 2 aliphatic heterocycles. The molecule has 3 atom stereocenters. The van der Waals surface area contributed by atoms with E-state index in [2.05, 4.69) is 21.0 Å². The highest BCUT2D eigenvalue weighted by Crippen LogP contribution is 2.45. The van der Waals surface area contributed by atoms with Crippen LogP contribution in [0.1, 0.15) is 40.8 Å². The van der Waals surface area contributed by atoms with Gasteiger partial charge in [-0.05, 0) is 42.8 Å². The summed E-state index contributed by atoms with van der Waals surface area (Å²) in [4.78, 5) is 12.5. The predicted molar refractivity (Wildman–Crippen MR) is 132 cm³/mol. The molecular weight excluding hydrogens is 487 g/mol. The van der Waals surface area contributed by atoms with Gasteiger partial charge in [-0.1, -0.05) is 18.2 Å². The third kappa shape index (κ3) is 5.08. The third-order valence-electron chi connectivity index (χ3n) is 6.84. The average molecular weight is 516 g/mol. The number of methoxy groups -OCH3 is 2. The number of hydrogen-bond acceptors (Lipinski definition) is 6. The third-order valence-corrected chi connectivity index (χ3v) is 6.84. The molecule has 196 valence electrons. The van der Waals surface area contributed by atoms with Gasteiger partial charge in [0.15, 0.2) is 17.5 Å². The molecule has 3 aromatic rings. The number of aromatic nitrogens is 2. The van der Waals surface area contributed by atoms with Gasteiger partial charge in [-0.2, -0.15) is 18.3 Å². The Morgan fingerprint density at radius 2 is 1.84 bits per heavy atom. The van der Waals surface area contributed by atoms with Crippen molar-refractivity contribution < 1.29 is 27.4 Å². The molecule has 0 aliphatic carbocycles. The summed E-state index contributed by atoms with van der Waals surface area (Å²) in [5.74, 6) is 1.03. The van der Waals surface area contributed by atoms with Crippen molar-refractivity contribution in [3.8, 4) is 22.8 Å². The number of anilines is 1. The first-order chi connectivity index (χ1) is 17.8. The molecule has 0 unspecified atom stereocenters. The Balaban J connectivity index is 1.40.